The van der Waals surface area contributed by atoms with E-state index in [-0.39, 0.29) is 0 Å². The lowest BCUT2D eigenvalue weighted by Crippen LogP contribution is -1.91. The minimum atomic E-state index is 0.457. The molecular weight excluding hydrogens is 314 g/mol. The number of hydrogen-bond donors (Lipinski definition) is 1. The van der Waals surface area contributed by atoms with Crippen molar-refractivity contribution in [1.82, 2.24) is 9.97 Å². The summed E-state index contributed by atoms with van der Waals surface area (Å²) in [6, 6.07) is 11.8. The molecule has 5 nitrogen and oxygen atoms in total. The maximum Gasteiger partial charge on any atom is 0.161 e. The smallest absolute Gasteiger partial charge is 0.161 e. The zero-order valence-corrected chi connectivity index (χ0v) is 14.7. The van der Waals surface area contributed by atoms with E-state index in [0.29, 0.717) is 22.9 Å². The number of ether oxygens (including phenoxy) is 2. The molecule has 0 atom stereocenters. The highest BCUT2D eigenvalue weighted by molar-refractivity contribution is 5.90. The van der Waals surface area contributed by atoms with Crippen molar-refractivity contribution in [3.63, 3.8) is 0 Å². The first-order chi connectivity index (χ1) is 12.0. The lowest BCUT2D eigenvalue weighted by atomic mass is 10.1. The van der Waals surface area contributed by atoms with E-state index in [1.165, 1.54) is 11.1 Å². The molecule has 1 heterocycles. The van der Waals surface area contributed by atoms with Crippen LogP contribution >= 0.6 is 0 Å². The van der Waals surface area contributed by atoms with Crippen LogP contribution in [-0.4, -0.2) is 24.2 Å². The van der Waals surface area contributed by atoms with E-state index >= 15 is 0 Å². The number of nitrogens with zero attached hydrogens (tertiary/aromatic N) is 2. The molecule has 0 spiro atoms. The first kappa shape index (κ1) is 16.6. The summed E-state index contributed by atoms with van der Waals surface area (Å²) in [7, 11) is 3.17. The van der Waals surface area contributed by atoms with E-state index in [1.54, 1.807) is 20.3 Å². The van der Waals surface area contributed by atoms with Crippen molar-refractivity contribution < 1.29 is 9.47 Å². The summed E-state index contributed by atoms with van der Waals surface area (Å²) in [5.74, 6) is 1.81. The number of H-pyrrole nitrogens is 1. The van der Waals surface area contributed by atoms with Gasteiger partial charge in [0.25, 0.3) is 0 Å². The third-order valence-electron chi connectivity index (χ3n) is 4.19. The molecule has 1 N–H and O–H groups in total. The number of aromatic amines is 1. The molecule has 0 aliphatic rings. The van der Waals surface area contributed by atoms with E-state index in [4.69, 9.17) is 9.47 Å². The zero-order valence-electron chi connectivity index (χ0n) is 14.7. The number of allylic oxidation sites excluding steroid dienone is 1. The minimum Gasteiger partial charge on any atom is -0.493 e. The van der Waals surface area contributed by atoms with Crippen LogP contribution in [0.5, 0.6) is 11.5 Å². The highest BCUT2D eigenvalue weighted by Crippen LogP contribution is 2.29. The standard InChI is InChI=1S/C20H19N3O2/c1-12-7-16-17(8-13(12)2)23-20(22-16)15(11-21)9-14-5-6-18(24-3)19(10-14)25-4/h5-10H,1-4H3,(H,22,23)/b15-9+. The van der Waals surface area contributed by atoms with Crippen molar-refractivity contribution in [3.05, 3.63) is 52.8 Å². The predicted molar refractivity (Wildman–Crippen MR) is 98.6 cm³/mol. The Kier molecular flexibility index (Phi) is 4.44. The van der Waals surface area contributed by atoms with Gasteiger partial charge in [-0.05, 0) is 60.9 Å². The van der Waals surface area contributed by atoms with Crippen LogP contribution in [-0.2, 0) is 0 Å². The highest BCUT2D eigenvalue weighted by Gasteiger charge is 2.10. The molecular formula is C20H19N3O2. The lowest BCUT2D eigenvalue weighted by molar-refractivity contribution is 0.355. The van der Waals surface area contributed by atoms with Gasteiger partial charge in [0.1, 0.15) is 11.9 Å². The van der Waals surface area contributed by atoms with Crippen molar-refractivity contribution in [2.24, 2.45) is 0 Å². The Balaban J connectivity index is 2.05. The number of fused-ring (bicyclic) bond motifs is 1. The summed E-state index contributed by atoms with van der Waals surface area (Å²) in [6.07, 6.45) is 1.78. The van der Waals surface area contributed by atoms with Gasteiger partial charge in [-0.25, -0.2) is 4.98 Å². The second kappa shape index (κ2) is 6.70. The third kappa shape index (κ3) is 3.20. The number of hydrogen-bond acceptors (Lipinski definition) is 4. The lowest BCUT2D eigenvalue weighted by Gasteiger charge is -2.07. The van der Waals surface area contributed by atoms with Gasteiger partial charge < -0.3 is 14.5 Å². The second-order valence-corrected chi connectivity index (χ2v) is 5.82. The molecule has 0 amide bonds. The Morgan fingerprint density at radius 1 is 1.08 bits per heavy atom. The number of nitriles is 1. The van der Waals surface area contributed by atoms with E-state index < -0.39 is 0 Å². The summed E-state index contributed by atoms with van der Waals surface area (Å²) in [4.78, 5) is 7.78. The maximum atomic E-state index is 9.57. The molecule has 5 heteroatoms. The zero-order chi connectivity index (χ0) is 18.0. The van der Waals surface area contributed by atoms with Gasteiger partial charge in [-0.2, -0.15) is 5.26 Å². The average Bonchev–Trinajstić information content (AvgIpc) is 3.02. The quantitative estimate of drug-likeness (QED) is 0.724. The second-order valence-electron chi connectivity index (χ2n) is 5.82. The maximum absolute atomic E-state index is 9.57. The number of aromatic nitrogens is 2. The van der Waals surface area contributed by atoms with E-state index in [2.05, 4.69) is 23.0 Å². The molecule has 1 aromatic heterocycles. The van der Waals surface area contributed by atoms with E-state index in [0.717, 1.165) is 16.6 Å². The van der Waals surface area contributed by atoms with Crippen LogP contribution in [0.4, 0.5) is 0 Å². The Bertz CT molecular complexity index is 971. The molecule has 3 rings (SSSR count). The summed E-state index contributed by atoms with van der Waals surface area (Å²) in [5, 5.41) is 9.57. The van der Waals surface area contributed by atoms with Gasteiger partial charge in [0, 0.05) is 0 Å². The van der Waals surface area contributed by atoms with Gasteiger partial charge in [0.05, 0.1) is 30.8 Å². The topological polar surface area (TPSA) is 70.9 Å². The molecule has 0 saturated carbocycles. The van der Waals surface area contributed by atoms with Crippen LogP contribution in [0, 0.1) is 25.2 Å². The molecule has 25 heavy (non-hydrogen) atoms. The van der Waals surface area contributed by atoms with Crippen LogP contribution in [0.1, 0.15) is 22.5 Å². The van der Waals surface area contributed by atoms with Crippen molar-refractivity contribution >= 4 is 22.7 Å². The minimum absolute atomic E-state index is 0.457. The van der Waals surface area contributed by atoms with Crippen LogP contribution in [0.2, 0.25) is 0 Å². The highest BCUT2D eigenvalue weighted by atomic mass is 16.5. The fourth-order valence-corrected chi connectivity index (χ4v) is 2.66. The third-order valence-corrected chi connectivity index (χ3v) is 4.19. The Morgan fingerprint density at radius 3 is 2.48 bits per heavy atom. The van der Waals surface area contributed by atoms with Crippen molar-refractivity contribution in [2.45, 2.75) is 13.8 Å². The molecule has 0 saturated heterocycles. The summed E-state index contributed by atoms with van der Waals surface area (Å²) < 4.78 is 10.6. The molecule has 126 valence electrons. The Hall–Kier alpha value is -3.26. The summed E-state index contributed by atoms with van der Waals surface area (Å²) in [6.45, 7) is 4.10. The number of aryl methyl sites for hydroxylation is 2. The molecule has 0 bridgehead atoms. The monoisotopic (exact) mass is 333 g/mol. The van der Waals surface area contributed by atoms with Gasteiger partial charge in [-0.3, -0.25) is 0 Å². The van der Waals surface area contributed by atoms with E-state index in [9.17, 15) is 5.26 Å². The molecule has 3 aromatic rings. The van der Waals surface area contributed by atoms with Gasteiger partial charge in [-0.1, -0.05) is 6.07 Å². The van der Waals surface area contributed by atoms with Gasteiger partial charge in [0.2, 0.25) is 0 Å². The normalized spacial score (nSPS) is 11.4. The molecule has 0 aliphatic heterocycles. The molecule has 0 unspecified atom stereocenters. The fourth-order valence-electron chi connectivity index (χ4n) is 2.66. The molecule has 2 aromatic carbocycles. The Morgan fingerprint density at radius 2 is 1.80 bits per heavy atom. The first-order valence-electron chi connectivity index (χ1n) is 7.87. The number of benzene rings is 2. The van der Waals surface area contributed by atoms with E-state index in [1.807, 2.05) is 37.3 Å². The van der Waals surface area contributed by atoms with Crippen LogP contribution in [0.15, 0.2) is 30.3 Å². The molecule has 0 fully saturated rings. The Labute approximate surface area is 146 Å². The first-order valence-corrected chi connectivity index (χ1v) is 7.87. The number of imidazole rings is 1. The molecule has 0 radical (unpaired) electrons. The van der Waals surface area contributed by atoms with Crippen LogP contribution in [0.3, 0.4) is 0 Å². The number of nitrogens with one attached hydrogen (secondary N) is 1. The average molecular weight is 333 g/mol. The predicted octanol–water partition coefficient (Wildman–Crippen LogP) is 4.26. The van der Waals surface area contributed by atoms with Gasteiger partial charge in [0.15, 0.2) is 11.5 Å². The van der Waals surface area contributed by atoms with Crippen molar-refractivity contribution in [3.8, 4) is 17.6 Å². The number of methoxy groups -OCH3 is 2. The van der Waals surface area contributed by atoms with Crippen molar-refractivity contribution in [2.75, 3.05) is 14.2 Å². The van der Waals surface area contributed by atoms with Gasteiger partial charge >= 0.3 is 0 Å². The molecule has 0 aliphatic carbocycles. The number of rotatable bonds is 4. The summed E-state index contributed by atoms with van der Waals surface area (Å²) in [5.41, 5.74) is 5.43. The summed E-state index contributed by atoms with van der Waals surface area (Å²) >= 11 is 0. The van der Waals surface area contributed by atoms with Gasteiger partial charge in [-0.15, -0.1) is 0 Å². The van der Waals surface area contributed by atoms with Crippen LogP contribution in [0.25, 0.3) is 22.7 Å². The largest absolute Gasteiger partial charge is 0.493 e. The van der Waals surface area contributed by atoms with Crippen molar-refractivity contribution in [1.29, 1.82) is 5.26 Å². The van der Waals surface area contributed by atoms with Crippen LogP contribution < -0.4 is 9.47 Å². The fraction of sp³-hybridized carbons (Fsp3) is 0.200. The SMILES string of the molecule is COc1ccc(/C=C(\C#N)c2nc3cc(C)c(C)cc3[nH]2)cc1OC.